The van der Waals surface area contributed by atoms with Gasteiger partial charge in [0.05, 0.1) is 5.54 Å². The summed E-state index contributed by atoms with van der Waals surface area (Å²) in [5.41, 5.74) is 3.20. The maximum Gasteiger partial charge on any atom is 0.438 e. The van der Waals surface area contributed by atoms with E-state index in [0.717, 1.165) is 0 Å². The van der Waals surface area contributed by atoms with Crippen molar-refractivity contribution >= 4 is 6.03 Å². The molecule has 0 unspecified atom stereocenters. The van der Waals surface area contributed by atoms with E-state index in [-0.39, 0.29) is 5.01 Å². The van der Waals surface area contributed by atoms with Crippen LogP contribution in [-0.4, -0.2) is 28.0 Å². The van der Waals surface area contributed by atoms with E-state index in [1.165, 1.54) is 6.92 Å². The number of alkyl halides is 3. The van der Waals surface area contributed by atoms with E-state index >= 15 is 0 Å². The van der Waals surface area contributed by atoms with Crippen LogP contribution in [0.3, 0.4) is 0 Å². The number of benzene rings is 1. The molecule has 110 valence electrons. The Hall–Kier alpha value is -1.80. The Morgan fingerprint density at radius 3 is 2.35 bits per heavy atom. The summed E-state index contributed by atoms with van der Waals surface area (Å²) in [4.78, 5) is 11.2. The Balaban J connectivity index is 2.46. The van der Waals surface area contributed by atoms with Gasteiger partial charge in [-0.15, -0.1) is 0 Å². The van der Waals surface area contributed by atoms with Crippen LogP contribution in [0.1, 0.15) is 18.9 Å². The van der Waals surface area contributed by atoms with Gasteiger partial charge in [0.25, 0.3) is 5.72 Å². The van der Waals surface area contributed by atoms with Crippen molar-refractivity contribution in [3.8, 4) is 0 Å². The molecule has 2 amide bonds. The molecular weight excluding hydrogens is 275 g/mol. The molecule has 2 rings (SSSR count). The number of rotatable bonds is 1. The highest BCUT2D eigenvalue weighted by molar-refractivity contribution is 5.73. The first-order valence-corrected chi connectivity index (χ1v) is 5.82. The number of primary amides is 1. The molecule has 0 aromatic heterocycles. The third-order valence-corrected chi connectivity index (χ3v) is 3.41. The summed E-state index contributed by atoms with van der Waals surface area (Å²) in [6.45, 7) is 1.46. The number of nitrogens with zero attached hydrogens (tertiary/aromatic N) is 1. The van der Waals surface area contributed by atoms with Crippen LogP contribution < -0.4 is 11.2 Å². The average molecular weight is 289 g/mol. The van der Waals surface area contributed by atoms with Gasteiger partial charge in [-0.3, -0.25) is 0 Å². The van der Waals surface area contributed by atoms with Crippen molar-refractivity contribution in [2.75, 3.05) is 0 Å². The van der Waals surface area contributed by atoms with E-state index in [1.807, 2.05) is 0 Å². The zero-order valence-corrected chi connectivity index (χ0v) is 10.6. The Bertz CT molecular complexity index is 522. The molecule has 1 aromatic rings. The molecule has 0 radical (unpaired) electrons. The van der Waals surface area contributed by atoms with Gasteiger partial charge in [-0.2, -0.15) is 13.2 Å². The first-order chi connectivity index (χ1) is 9.10. The smallest absolute Gasteiger partial charge is 0.362 e. The lowest BCUT2D eigenvalue weighted by Gasteiger charge is -2.32. The van der Waals surface area contributed by atoms with Crippen molar-refractivity contribution in [3.05, 3.63) is 35.9 Å². The minimum absolute atomic E-state index is 0.0417. The first kappa shape index (κ1) is 14.6. The molecule has 1 aromatic carbocycles. The van der Waals surface area contributed by atoms with Crippen LogP contribution in [0.2, 0.25) is 0 Å². The summed E-state index contributed by atoms with van der Waals surface area (Å²) >= 11 is 0. The predicted molar refractivity (Wildman–Crippen MR) is 64.0 cm³/mol. The number of nitrogens with one attached hydrogen (secondary N) is 1. The zero-order chi connectivity index (χ0) is 15.2. The van der Waals surface area contributed by atoms with Crippen molar-refractivity contribution in [3.63, 3.8) is 0 Å². The fourth-order valence-electron chi connectivity index (χ4n) is 2.39. The molecule has 5 nitrogen and oxygen atoms in total. The number of amides is 2. The molecule has 1 heterocycles. The Labute approximate surface area is 113 Å². The van der Waals surface area contributed by atoms with Gasteiger partial charge in [0.2, 0.25) is 0 Å². The molecule has 0 spiro atoms. The second-order valence-corrected chi connectivity index (χ2v) is 4.97. The molecule has 4 N–H and O–H groups in total. The lowest BCUT2D eigenvalue weighted by molar-refractivity contribution is -0.299. The molecular formula is C12H14F3N3O2. The van der Waals surface area contributed by atoms with Crippen LogP contribution >= 0.6 is 0 Å². The van der Waals surface area contributed by atoms with Crippen LogP contribution in [0.5, 0.6) is 0 Å². The lowest BCUT2D eigenvalue weighted by Crippen LogP contribution is -2.61. The molecule has 1 fully saturated rings. The maximum atomic E-state index is 13.1. The van der Waals surface area contributed by atoms with E-state index in [4.69, 9.17) is 5.73 Å². The summed E-state index contributed by atoms with van der Waals surface area (Å²) in [6, 6.07) is 6.83. The Kier molecular flexibility index (Phi) is 3.18. The largest absolute Gasteiger partial charge is 0.438 e. The van der Waals surface area contributed by atoms with E-state index < -0.39 is 29.9 Å². The van der Waals surface area contributed by atoms with Crippen molar-refractivity contribution in [2.24, 2.45) is 5.73 Å². The molecule has 0 aliphatic carbocycles. The van der Waals surface area contributed by atoms with Gasteiger partial charge in [-0.05, 0) is 12.5 Å². The van der Waals surface area contributed by atoms with E-state index in [1.54, 1.807) is 30.3 Å². The van der Waals surface area contributed by atoms with Crippen LogP contribution in [-0.2, 0) is 5.54 Å². The Morgan fingerprint density at radius 2 is 1.95 bits per heavy atom. The third-order valence-electron chi connectivity index (χ3n) is 3.41. The summed E-state index contributed by atoms with van der Waals surface area (Å²) in [5, 5.41) is 9.93. The summed E-state index contributed by atoms with van der Waals surface area (Å²) in [7, 11) is 0. The number of hydrazine groups is 1. The normalized spacial score (nSPS) is 30.6. The quantitative estimate of drug-likeness (QED) is 0.732. The molecule has 1 aliphatic rings. The highest BCUT2D eigenvalue weighted by Crippen LogP contribution is 2.46. The van der Waals surface area contributed by atoms with Crippen LogP contribution in [0, 0.1) is 0 Å². The molecule has 1 aliphatic heterocycles. The second-order valence-electron chi connectivity index (χ2n) is 4.97. The molecule has 8 heteroatoms. The maximum absolute atomic E-state index is 13.1. The third kappa shape index (κ3) is 2.10. The average Bonchev–Trinajstić information content (AvgIpc) is 2.65. The summed E-state index contributed by atoms with van der Waals surface area (Å²) < 4.78 is 39.2. The van der Waals surface area contributed by atoms with Crippen molar-refractivity contribution in [1.82, 2.24) is 10.4 Å². The fraction of sp³-hybridized carbons (Fsp3) is 0.417. The van der Waals surface area contributed by atoms with Crippen LogP contribution in [0.25, 0.3) is 0 Å². The highest BCUT2D eigenvalue weighted by Gasteiger charge is 2.67. The second kappa shape index (κ2) is 4.35. The van der Waals surface area contributed by atoms with Crippen molar-refractivity contribution in [2.45, 2.75) is 30.8 Å². The van der Waals surface area contributed by atoms with E-state index in [0.29, 0.717) is 5.56 Å². The SMILES string of the molecule is C[C@@]1(c2ccccc2)C[C@@](O)(C(F)(F)F)N(C(N)=O)N1. The van der Waals surface area contributed by atoms with Gasteiger partial charge in [0, 0.05) is 6.42 Å². The number of hydrogen-bond acceptors (Lipinski definition) is 3. The van der Waals surface area contributed by atoms with Crippen LogP contribution in [0.15, 0.2) is 30.3 Å². The molecule has 0 bridgehead atoms. The number of carbonyl (C=O) groups excluding carboxylic acids is 1. The lowest BCUT2D eigenvalue weighted by atomic mass is 9.86. The van der Waals surface area contributed by atoms with E-state index in [2.05, 4.69) is 5.43 Å². The molecule has 1 saturated heterocycles. The molecule has 2 atom stereocenters. The number of halogens is 3. The standard InChI is InChI=1S/C12H14F3N3O2/c1-10(8-5-3-2-4-6-8)7-11(20,12(13,14)15)18(17-10)9(16)19/h2-6,17,20H,7H2,1H3,(H2,16,19)/t10-,11+/m0/s1. The van der Waals surface area contributed by atoms with Crippen LogP contribution in [0.4, 0.5) is 18.0 Å². The topological polar surface area (TPSA) is 78.6 Å². The van der Waals surface area contributed by atoms with Crippen molar-refractivity contribution in [1.29, 1.82) is 0 Å². The van der Waals surface area contributed by atoms with Gasteiger partial charge in [0.15, 0.2) is 0 Å². The number of carbonyl (C=O) groups is 1. The summed E-state index contributed by atoms with van der Waals surface area (Å²) in [5.74, 6) is 0. The Morgan fingerprint density at radius 1 is 1.40 bits per heavy atom. The zero-order valence-electron chi connectivity index (χ0n) is 10.6. The van der Waals surface area contributed by atoms with Gasteiger partial charge in [-0.1, -0.05) is 30.3 Å². The first-order valence-electron chi connectivity index (χ1n) is 5.82. The molecule has 20 heavy (non-hydrogen) atoms. The monoisotopic (exact) mass is 289 g/mol. The van der Waals surface area contributed by atoms with Gasteiger partial charge in [-0.25, -0.2) is 15.2 Å². The molecule has 0 saturated carbocycles. The minimum atomic E-state index is -5.03. The number of nitrogens with two attached hydrogens (primary N) is 1. The van der Waals surface area contributed by atoms with E-state index in [9.17, 15) is 23.1 Å². The van der Waals surface area contributed by atoms with Gasteiger partial charge < -0.3 is 10.8 Å². The number of hydrogen-bond donors (Lipinski definition) is 3. The minimum Gasteiger partial charge on any atom is -0.362 e. The number of urea groups is 1. The predicted octanol–water partition coefficient (Wildman–Crippen LogP) is 1.44. The van der Waals surface area contributed by atoms with Crippen molar-refractivity contribution < 1.29 is 23.1 Å². The number of aliphatic hydroxyl groups is 1. The van der Waals surface area contributed by atoms with Gasteiger partial charge in [0.1, 0.15) is 0 Å². The summed E-state index contributed by atoms with van der Waals surface area (Å²) in [6.07, 6.45) is -5.78. The highest BCUT2D eigenvalue weighted by atomic mass is 19.4. The fourth-order valence-corrected chi connectivity index (χ4v) is 2.39. The van der Waals surface area contributed by atoms with Gasteiger partial charge >= 0.3 is 12.2 Å².